The minimum absolute atomic E-state index is 0.116. The number of nitrogens with zero attached hydrogens (tertiary/aromatic N) is 2. The van der Waals surface area contributed by atoms with Crippen LogP contribution in [0.2, 0.25) is 0 Å². The maximum absolute atomic E-state index is 13.0. The van der Waals surface area contributed by atoms with Crippen LogP contribution >= 0.6 is 0 Å². The second kappa shape index (κ2) is 9.69. The molecule has 3 heterocycles. The van der Waals surface area contributed by atoms with Crippen LogP contribution in [-0.2, 0) is 14.8 Å². The van der Waals surface area contributed by atoms with Crippen LogP contribution in [0.3, 0.4) is 0 Å². The molecule has 33 heavy (non-hydrogen) atoms. The van der Waals surface area contributed by atoms with Crippen LogP contribution in [0.25, 0.3) is 0 Å². The summed E-state index contributed by atoms with van der Waals surface area (Å²) in [5.41, 5.74) is 0.563. The molecule has 0 unspecified atom stereocenters. The number of sulfonamides is 1. The van der Waals surface area contributed by atoms with E-state index in [9.17, 15) is 18.0 Å². The van der Waals surface area contributed by atoms with Gasteiger partial charge in [-0.15, -0.1) is 0 Å². The molecule has 0 spiro atoms. The highest BCUT2D eigenvalue weighted by Gasteiger charge is 2.32. The number of piperidine rings is 2. The van der Waals surface area contributed by atoms with Crippen LogP contribution in [0.5, 0.6) is 0 Å². The summed E-state index contributed by atoms with van der Waals surface area (Å²) in [6.07, 6.45) is 3.64. The summed E-state index contributed by atoms with van der Waals surface area (Å²) in [4.78, 5) is 27.0. The second-order valence-corrected chi connectivity index (χ2v) is 11.3. The summed E-state index contributed by atoms with van der Waals surface area (Å²) in [6.45, 7) is 6.20. The number of rotatable bonds is 5. The molecule has 2 aromatic rings. The first-order chi connectivity index (χ1) is 15.7. The lowest BCUT2D eigenvalue weighted by molar-refractivity contribution is -0.121. The van der Waals surface area contributed by atoms with Crippen molar-refractivity contribution in [1.29, 1.82) is 0 Å². The zero-order valence-electron chi connectivity index (χ0n) is 19.1. The van der Waals surface area contributed by atoms with E-state index < -0.39 is 10.0 Å². The topological polar surface area (TPSA) is 99.9 Å². The molecule has 1 aromatic heterocycles. The van der Waals surface area contributed by atoms with Crippen LogP contribution in [0.4, 0.5) is 5.69 Å². The van der Waals surface area contributed by atoms with Gasteiger partial charge in [0.05, 0.1) is 11.2 Å². The molecule has 2 fully saturated rings. The maximum atomic E-state index is 13.0. The highest BCUT2D eigenvalue weighted by molar-refractivity contribution is 7.89. The van der Waals surface area contributed by atoms with E-state index in [1.807, 2.05) is 0 Å². The number of carbonyl (C=O) groups is 2. The molecule has 8 nitrogen and oxygen atoms in total. The maximum Gasteiger partial charge on any atom is 0.289 e. The van der Waals surface area contributed by atoms with Crippen molar-refractivity contribution < 1.29 is 22.4 Å². The van der Waals surface area contributed by atoms with E-state index in [-0.39, 0.29) is 22.6 Å². The van der Waals surface area contributed by atoms with Crippen molar-refractivity contribution in [3.8, 4) is 0 Å². The largest absolute Gasteiger partial charge is 0.459 e. The van der Waals surface area contributed by atoms with E-state index in [0.29, 0.717) is 62.3 Å². The Morgan fingerprint density at radius 1 is 1.00 bits per heavy atom. The van der Waals surface area contributed by atoms with Gasteiger partial charge in [0, 0.05) is 37.8 Å². The predicted molar refractivity (Wildman–Crippen MR) is 124 cm³/mol. The number of furan rings is 1. The Balaban J connectivity index is 1.33. The Morgan fingerprint density at radius 3 is 2.21 bits per heavy atom. The van der Waals surface area contributed by atoms with Crippen molar-refractivity contribution in [3.63, 3.8) is 0 Å². The lowest BCUT2D eigenvalue weighted by Gasteiger charge is -2.34. The molecule has 0 saturated carbocycles. The van der Waals surface area contributed by atoms with E-state index >= 15 is 0 Å². The second-order valence-electron chi connectivity index (χ2n) is 9.33. The molecule has 1 aromatic carbocycles. The van der Waals surface area contributed by atoms with Crippen molar-refractivity contribution in [1.82, 2.24) is 9.21 Å². The molecule has 0 bridgehead atoms. The van der Waals surface area contributed by atoms with Crippen molar-refractivity contribution in [2.75, 3.05) is 31.5 Å². The third kappa shape index (κ3) is 5.30. The molecule has 2 aliphatic rings. The minimum Gasteiger partial charge on any atom is -0.459 e. The first-order valence-corrected chi connectivity index (χ1v) is 12.9. The molecule has 0 radical (unpaired) electrons. The van der Waals surface area contributed by atoms with Crippen molar-refractivity contribution >= 4 is 27.5 Å². The van der Waals surface area contributed by atoms with Crippen LogP contribution in [0, 0.1) is 17.8 Å². The zero-order valence-corrected chi connectivity index (χ0v) is 19.9. The fourth-order valence-electron chi connectivity index (χ4n) is 4.81. The first-order valence-electron chi connectivity index (χ1n) is 11.5. The highest BCUT2D eigenvalue weighted by atomic mass is 32.2. The predicted octanol–water partition coefficient (Wildman–Crippen LogP) is 3.44. The normalized spacial score (nSPS) is 22.8. The molecule has 2 atom stereocenters. The number of carbonyl (C=O) groups excluding carboxylic acids is 2. The minimum atomic E-state index is -3.55. The summed E-state index contributed by atoms with van der Waals surface area (Å²) in [6, 6.07) is 9.70. The molecular formula is C24H31N3O5S. The Morgan fingerprint density at radius 2 is 1.64 bits per heavy atom. The molecule has 0 aliphatic carbocycles. The smallest absolute Gasteiger partial charge is 0.289 e. The molecule has 9 heteroatoms. The molecule has 178 valence electrons. The Bertz CT molecular complexity index is 1060. The molecular weight excluding hydrogens is 442 g/mol. The van der Waals surface area contributed by atoms with Gasteiger partial charge in [0.25, 0.3) is 5.91 Å². The number of amides is 2. The van der Waals surface area contributed by atoms with Gasteiger partial charge < -0.3 is 14.6 Å². The third-order valence-corrected chi connectivity index (χ3v) is 8.33. The van der Waals surface area contributed by atoms with Gasteiger partial charge in [0.15, 0.2) is 5.76 Å². The number of hydrogen-bond donors (Lipinski definition) is 1. The van der Waals surface area contributed by atoms with Gasteiger partial charge >= 0.3 is 0 Å². The number of benzene rings is 1. The van der Waals surface area contributed by atoms with Crippen LogP contribution in [0.15, 0.2) is 52.0 Å². The standard InChI is InChI=1S/C24H31N3O5S/c1-17-14-18(2)16-27(15-17)33(30,31)21-7-5-20(6-8-21)25-23(28)19-9-11-26(12-10-19)24(29)22-4-3-13-32-22/h3-8,13,17-19H,9-12,14-16H2,1-2H3,(H,25,28)/t17-,18+. The molecule has 1 N–H and O–H groups in total. The quantitative estimate of drug-likeness (QED) is 0.717. The van der Waals surface area contributed by atoms with Gasteiger partial charge in [-0.1, -0.05) is 13.8 Å². The van der Waals surface area contributed by atoms with E-state index in [4.69, 9.17) is 4.42 Å². The lowest BCUT2D eigenvalue weighted by Crippen LogP contribution is -2.42. The van der Waals surface area contributed by atoms with E-state index in [1.54, 1.807) is 45.6 Å². The zero-order chi connectivity index (χ0) is 23.6. The fourth-order valence-corrected chi connectivity index (χ4v) is 6.49. The number of anilines is 1. The van der Waals surface area contributed by atoms with Crippen LogP contribution in [0.1, 0.15) is 43.7 Å². The number of likely N-dealkylation sites (tertiary alicyclic amines) is 1. The molecule has 2 amide bonds. The van der Waals surface area contributed by atoms with Gasteiger partial charge in [0.1, 0.15) is 0 Å². The van der Waals surface area contributed by atoms with Crippen molar-refractivity contribution in [3.05, 3.63) is 48.4 Å². The van der Waals surface area contributed by atoms with Gasteiger partial charge in [-0.3, -0.25) is 9.59 Å². The summed E-state index contributed by atoms with van der Waals surface area (Å²) in [5, 5.41) is 2.89. The van der Waals surface area contributed by atoms with Crippen molar-refractivity contribution in [2.24, 2.45) is 17.8 Å². The van der Waals surface area contributed by atoms with E-state index in [0.717, 1.165) is 6.42 Å². The van der Waals surface area contributed by atoms with Gasteiger partial charge in [0.2, 0.25) is 15.9 Å². The van der Waals surface area contributed by atoms with E-state index in [1.165, 1.54) is 6.26 Å². The SMILES string of the molecule is C[C@@H]1C[C@H](C)CN(S(=O)(=O)c2ccc(NC(=O)C3CCN(C(=O)c4ccco4)CC3)cc2)C1. The van der Waals surface area contributed by atoms with Gasteiger partial charge in [-0.2, -0.15) is 4.31 Å². The summed E-state index contributed by atoms with van der Waals surface area (Å²) in [5.74, 6) is 0.500. The van der Waals surface area contributed by atoms with E-state index in [2.05, 4.69) is 19.2 Å². The van der Waals surface area contributed by atoms with Crippen LogP contribution < -0.4 is 5.32 Å². The average molecular weight is 474 g/mol. The highest BCUT2D eigenvalue weighted by Crippen LogP contribution is 2.27. The monoisotopic (exact) mass is 473 g/mol. The average Bonchev–Trinajstić information content (AvgIpc) is 3.33. The summed E-state index contributed by atoms with van der Waals surface area (Å²) >= 11 is 0. The summed E-state index contributed by atoms with van der Waals surface area (Å²) in [7, 11) is -3.55. The first kappa shape index (κ1) is 23.5. The van der Waals surface area contributed by atoms with Crippen molar-refractivity contribution in [2.45, 2.75) is 38.0 Å². The molecule has 2 saturated heterocycles. The van der Waals surface area contributed by atoms with Crippen LogP contribution in [-0.4, -0.2) is 55.6 Å². The Kier molecular flexibility index (Phi) is 6.90. The van der Waals surface area contributed by atoms with Gasteiger partial charge in [-0.05, 0) is 67.5 Å². The third-order valence-electron chi connectivity index (χ3n) is 6.48. The number of hydrogen-bond acceptors (Lipinski definition) is 5. The fraction of sp³-hybridized carbons (Fsp3) is 0.500. The Labute approximate surface area is 195 Å². The Hall–Kier alpha value is -2.65. The summed E-state index contributed by atoms with van der Waals surface area (Å²) < 4.78 is 32.8. The molecule has 4 rings (SSSR count). The lowest BCUT2D eigenvalue weighted by atomic mass is 9.94. The number of nitrogens with one attached hydrogen (secondary N) is 1. The van der Waals surface area contributed by atoms with Gasteiger partial charge in [-0.25, -0.2) is 8.42 Å². The molecule has 2 aliphatic heterocycles.